The first-order chi connectivity index (χ1) is 7.83. The molecule has 1 aliphatic rings. The van der Waals surface area contributed by atoms with Gasteiger partial charge in [-0.2, -0.15) is 0 Å². The minimum atomic E-state index is -0.245. The molecule has 1 heterocycles. The molecular formula is C13H19NO2. The van der Waals surface area contributed by atoms with Crippen LogP contribution in [-0.4, -0.2) is 19.6 Å². The lowest BCUT2D eigenvalue weighted by molar-refractivity contribution is 0.0599. The van der Waals surface area contributed by atoms with Crippen LogP contribution in [0.25, 0.3) is 0 Å². The normalized spacial score (nSPS) is 13.2. The number of esters is 1. The summed E-state index contributed by atoms with van der Waals surface area (Å²) >= 11 is 0. The Balaban J connectivity index is 0.000000606. The second kappa shape index (κ2) is 6.28. The summed E-state index contributed by atoms with van der Waals surface area (Å²) in [4.78, 5) is 11.4. The molecule has 0 aliphatic carbocycles. The SMILES string of the molecule is CC.COC(=O)c1cccc2c1CNCC2. The maximum atomic E-state index is 11.4. The topological polar surface area (TPSA) is 38.3 Å². The van der Waals surface area contributed by atoms with E-state index >= 15 is 0 Å². The van der Waals surface area contributed by atoms with Crippen molar-refractivity contribution in [3.63, 3.8) is 0 Å². The molecule has 0 fully saturated rings. The zero-order valence-corrected chi connectivity index (χ0v) is 10.2. The molecule has 1 aliphatic heterocycles. The van der Waals surface area contributed by atoms with Crippen molar-refractivity contribution in [3.8, 4) is 0 Å². The first kappa shape index (κ1) is 12.7. The second-order valence-electron chi connectivity index (χ2n) is 3.36. The van der Waals surface area contributed by atoms with E-state index in [4.69, 9.17) is 4.74 Å². The molecule has 1 aromatic carbocycles. The van der Waals surface area contributed by atoms with Gasteiger partial charge in [-0.05, 0) is 30.2 Å². The molecule has 0 saturated carbocycles. The number of benzene rings is 1. The molecule has 16 heavy (non-hydrogen) atoms. The van der Waals surface area contributed by atoms with E-state index < -0.39 is 0 Å². The summed E-state index contributed by atoms with van der Waals surface area (Å²) < 4.78 is 4.74. The molecule has 1 aromatic rings. The largest absolute Gasteiger partial charge is 0.465 e. The van der Waals surface area contributed by atoms with Crippen LogP contribution in [0.2, 0.25) is 0 Å². The third kappa shape index (κ3) is 2.61. The van der Waals surface area contributed by atoms with E-state index in [0.29, 0.717) is 5.56 Å². The number of rotatable bonds is 1. The third-order valence-corrected chi connectivity index (χ3v) is 2.55. The van der Waals surface area contributed by atoms with Crippen LogP contribution in [-0.2, 0) is 17.7 Å². The lowest BCUT2D eigenvalue weighted by Crippen LogP contribution is -2.25. The Kier molecular flexibility index (Phi) is 4.99. The number of nitrogens with one attached hydrogen (secondary N) is 1. The van der Waals surface area contributed by atoms with Gasteiger partial charge in [0.05, 0.1) is 12.7 Å². The minimum Gasteiger partial charge on any atom is -0.465 e. The van der Waals surface area contributed by atoms with E-state index in [-0.39, 0.29) is 5.97 Å². The quantitative estimate of drug-likeness (QED) is 0.738. The fourth-order valence-electron chi connectivity index (χ4n) is 1.82. The Morgan fingerprint density at radius 3 is 2.81 bits per heavy atom. The maximum absolute atomic E-state index is 11.4. The molecule has 3 nitrogen and oxygen atoms in total. The van der Waals surface area contributed by atoms with Crippen LogP contribution < -0.4 is 5.32 Å². The zero-order valence-electron chi connectivity index (χ0n) is 10.2. The van der Waals surface area contributed by atoms with Gasteiger partial charge in [0.2, 0.25) is 0 Å². The van der Waals surface area contributed by atoms with E-state index in [9.17, 15) is 4.79 Å². The lowest BCUT2D eigenvalue weighted by atomic mass is 9.96. The maximum Gasteiger partial charge on any atom is 0.338 e. The summed E-state index contributed by atoms with van der Waals surface area (Å²) in [5.41, 5.74) is 3.04. The van der Waals surface area contributed by atoms with Gasteiger partial charge in [-0.1, -0.05) is 26.0 Å². The molecule has 0 aromatic heterocycles. The zero-order chi connectivity index (χ0) is 12.0. The predicted molar refractivity (Wildman–Crippen MR) is 64.5 cm³/mol. The summed E-state index contributed by atoms with van der Waals surface area (Å²) in [6.07, 6.45) is 0.986. The molecule has 0 spiro atoms. The number of methoxy groups -OCH3 is 1. The molecule has 0 unspecified atom stereocenters. The smallest absolute Gasteiger partial charge is 0.338 e. The molecule has 2 rings (SSSR count). The number of ether oxygens (including phenoxy) is 1. The van der Waals surface area contributed by atoms with Gasteiger partial charge in [0.1, 0.15) is 0 Å². The van der Waals surface area contributed by atoms with E-state index in [1.807, 2.05) is 26.0 Å². The molecule has 0 saturated heterocycles. The molecule has 0 amide bonds. The molecule has 3 heteroatoms. The molecule has 88 valence electrons. The van der Waals surface area contributed by atoms with Gasteiger partial charge in [0.15, 0.2) is 0 Å². The third-order valence-electron chi connectivity index (χ3n) is 2.55. The Morgan fingerprint density at radius 1 is 1.38 bits per heavy atom. The van der Waals surface area contributed by atoms with Crippen molar-refractivity contribution >= 4 is 5.97 Å². The number of fused-ring (bicyclic) bond motifs is 1. The lowest BCUT2D eigenvalue weighted by Gasteiger charge is -2.19. The van der Waals surface area contributed by atoms with Crippen molar-refractivity contribution in [2.45, 2.75) is 26.8 Å². The van der Waals surface area contributed by atoms with Crippen LogP contribution in [0.3, 0.4) is 0 Å². The fraction of sp³-hybridized carbons (Fsp3) is 0.462. The molecule has 0 radical (unpaired) electrons. The summed E-state index contributed by atoms with van der Waals surface area (Å²) in [7, 11) is 1.41. The van der Waals surface area contributed by atoms with E-state index in [0.717, 1.165) is 25.1 Å². The van der Waals surface area contributed by atoms with Crippen molar-refractivity contribution in [2.24, 2.45) is 0 Å². The number of carbonyl (C=O) groups is 1. The second-order valence-corrected chi connectivity index (χ2v) is 3.36. The van der Waals surface area contributed by atoms with Gasteiger partial charge in [-0.25, -0.2) is 4.79 Å². The van der Waals surface area contributed by atoms with Gasteiger partial charge in [0.25, 0.3) is 0 Å². The average molecular weight is 221 g/mol. The minimum absolute atomic E-state index is 0.245. The summed E-state index contributed by atoms with van der Waals surface area (Å²) in [5.74, 6) is -0.245. The molecular weight excluding hydrogens is 202 g/mol. The van der Waals surface area contributed by atoms with Crippen LogP contribution in [0.15, 0.2) is 18.2 Å². The molecule has 1 N–H and O–H groups in total. The van der Waals surface area contributed by atoms with Crippen LogP contribution in [0.1, 0.15) is 35.3 Å². The van der Waals surface area contributed by atoms with Crippen LogP contribution in [0.4, 0.5) is 0 Å². The highest BCUT2D eigenvalue weighted by atomic mass is 16.5. The molecule has 0 atom stereocenters. The summed E-state index contributed by atoms with van der Waals surface area (Å²) in [6, 6.07) is 5.80. The Morgan fingerprint density at radius 2 is 2.12 bits per heavy atom. The predicted octanol–water partition coefficient (Wildman–Crippen LogP) is 2.15. The van der Waals surface area contributed by atoms with Crippen LogP contribution in [0, 0.1) is 0 Å². The van der Waals surface area contributed by atoms with Crippen molar-refractivity contribution in [2.75, 3.05) is 13.7 Å². The van der Waals surface area contributed by atoms with Gasteiger partial charge < -0.3 is 10.1 Å². The standard InChI is InChI=1S/C11H13NO2.C2H6/c1-14-11(13)9-4-2-3-8-5-6-12-7-10(8)9;1-2/h2-4,12H,5-7H2,1H3;1-2H3. The van der Waals surface area contributed by atoms with Crippen LogP contribution >= 0.6 is 0 Å². The van der Waals surface area contributed by atoms with Gasteiger partial charge in [-0.15, -0.1) is 0 Å². The first-order valence-corrected chi connectivity index (χ1v) is 5.72. The Bertz CT molecular complexity index is 361. The van der Waals surface area contributed by atoms with Crippen molar-refractivity contribution in [1.82, 2.24) is 5.32 Å². The summed E-state index contributed by atoms with van der Waals surface area (Å²) in [5, 5.41) is 3.25. The van der Waals surface area contributed by atoms with Gasteiger partial charge >= 0.3 is 5.97 Å². The fourth-order valence-corrected chi connectivity index (χ4v) is 1.82. The van der Waals surface area contributed by atoms with Crippen LogP contribution in [0.5, 0.6) is 0 Å². The van der Waals surface area contributed by atoms with E-state index in [1.54, 1.807) is 0 Å². The first-order valence-electron chi connectivity index (χ1n) is 5.72. The van der Waals surface area contributed by atoms with Gasteiger partial charge in [0, 0.05) is 6.54 Å². The highest BCUT2D eigenvalue weighted by molar-refractivity contribution is 5.91. The highest BCUT2D eigenvalue weighted by Gasteiger charge is 2.16. The Hall–Kier alpha value is -1.35. The average Bonchev–Trinajstić information content (AvgIpc) is 2.39. The van der Waals surface area contributed by atoms with Gasteiger partial charge in [-0.3, -0.25) is 0 Å². The van der Waals surface area contributed by atoms with Crippen molar-refractivity contribution < 1.29 is 9.53 Å². The highest BCUT2D eigenvalue weighted by Crippen LogP contribution is 2.18. The number of hydrogen-bond donors (Lipinski definition) is 1. The van der Waals surface area contributed by atoms with Crippen molar-refractivity contribution in [3.05, 3.63) is 34.9 Å². The molecule has 0 bridgehead atoms. The number of carbonyl (C=O) groups excluding carboxylic acids is 1. The van der Waals surface area contributed by atoms with E-state index in [2.05, 4.69) is 11.4 Å². The van der Waals surface area contributed by atoms with E-state index in [1.165, 1.54) is 12.7 Å². The number of hydrogen-bond acceptors (Lipinski definition) is 3. The monoisotopic (exact) mass is 221 g/mol. The van der Waals surface area contributed by atoms with Crippen molar-refractivity contribution in [1.29, 1.82) is 0 Å². The summed E-state index contributed by atoms with van der Waals surface area (Å²) in [6.45, 7) is 5.75. The Labute approximate surface area is 96.8 Å².